The molecule has 1 heterocycles. The van der Waals surface area contributed by atoms with E-state index in [-0.39, 0.29) is 0 Å². The molecule has 0 aliphatic rings. The fourth-order valence-corrected chi connectivity index (χ4v) is 3.72. The van der Waals surface area contributed by atoms with Crippen LogP contribution in [0.1, 0.15) is 30.9 Å². The van der Waals surface area contributed by atoms with E-state index < -0.39 is 0 Å². The van der Waals surface area contributed by atoms with E-state index in [1.54, 1.807) is 6.08 Å². The number of benzene rings is 3. The first-order chi connectivity index (χ1) is 15.6. The molecule has 0 aliphatic heterocycles. The second kappa shape index (κ2) is 9.44. The van der Waals surface area contributed by atoms with Gasteiger partial charge in [-0.05, 0) is 34.8 Å². The van der Waals surface area contributed by atoms with Crippen molar-refractivity contribution in [2.45, 2.75) is 19.8 Å². The Bertz CT molecular complexity index is 1240. The van der Waals surface area contributed by atoms with Crippen LogP contribution in [-0.2, 0) is 0 Å². The highest BCUT2D eigenvalue weighted by Crippen LogP contribution is 2.30. The number of hydrogen-bond donors (Lipinski definition) is 0. The predicted molar refractivity (Wildman–Crippen MR) is 135 cm³/mol. The van der Waals surface area contributed by atoms with E-state index in [2.05, 4.69) is 102 Å². The summed E-state index contributed by atoms with van der Waals surface area (Å²) in [6.45, 7) is 12.1. The van der Waals surface area contributed by atoms with Gasteiger partial charge in [0, 0.05) is 16.8 Å². The Balaban J connectivity index is 1.82. The first-order valence-corrected chi connectivity index (χ1v) is 10.8. The molecular formula is C29H27N3. The van der Waals surface area contributed by atoms with Crippen LogP contribution in [0, 0.1) is 0 Å². The minimum Gasteiger partial charge on any atom is -0.275 e. The van der Waals surface area contributed by atoms with Crippen molar-refractivity contribution < 1.29 is 0 Å². The molecule has 0 atom stereocenters. The quantitative estimate of drug-likeness (QED) is 0.292. The van der Waals surface area contributed by atoms with Crippen LogP contribution in [0.15, 0.2) is 110 Å². The van der Waals surface area contributed by atoms with Gasteiger partial charge in [-0.15, -0.1) is 10.2 Å². The van der Waals surface area contributed by atoms with Crippen molar-refractivity contribution in [1.82, 2.24) is 14.8 Å². The number of hydrogen-bond acceptors (Lipinski definition) is 2. The molecule has 4 aromatic rings. The maximum atomic E-state index is 4.59. The highest BCUT2D eigenvalue weighted by atomic mass is 15.3. The second-order valence-electron chi connectivity index (χ2n) is 7.93. The summed E-state index contributed by atoms with van der Waals surface area (Å²) in [6, 6.07) is 27.1. The third-order valence-corrected chi connectivity index (χ3v) is 5.51. The van der Waals surface area contributed by atoms with Crippen molar-refractivity contribution in [3.8, 4) is 28.5 Å². The van der Waals surface area contributed by atoms with E-state index in [1.165, 1.54) is 5.56 Å². The van der Waals surface area contributed by atoms with Crippen molar-refractivity contribution in [3.05, 3.63) is 121 Å². The summed E-state index contributed by atoms with van der Waals surface area (Å²) in [5.41, 5.74) is 6.48. The van der Waals surface area contributed by atoms with Crippen molar-refractivity contribution >= 4 is 5.57 Å². The van der Waals surface area contributed by atoms with E-state index in [0.29, 0.717) is 5.92 Å². The summed E-state index contributed by atoms with van der Waals surface area (Å²) >= 11 is 0. The molecular weight excluding hydrogens is 390 g/mol. The highest BCUT2D eigenvalue weighted by molar-refractivity contribution is 5.76. The molecule has 0 amide bonds. The van der Waals surface area contributed by atoms with Crippen LogP contribution in [0.3, 0.4) is 0 Å². The normalized spacial score (nSPS) is 11.5. The smallest absolute Gasteiger partial charge is 0.168 e. The zero-order valence-electron chi connectivity index (χ0n) is 18.6. The van der Waals surface area contributed by atoms with Crippen LogP contribution in [-0.4, -0.2) is 14.8 Å². The molecule has 4 rings (SSSR count). The number of aromatic nitrogens is 3. The van der Waals surface area contributed by atoms with Gasteiger partial charge in [-0.2, -0.15) is 0 Å². The molecule has 3 nitrogen and oxygen atoms in total. The molecule has 0 aliphatic carbocycles. The summed E-state index contributed by atoms with van der Waals surface area (Å²) in [4.78, 5) is 0. The summed E-state index contributed by atoms with van der Waals surface area (Å²) in [5.74, 6) is 2.11. The lowest BCUT2D eigenvalue weighted by Gasteiger charge is -2.12. The molecule has 3 heteroatoms. The first kappa shape index (κ1) is 21.3. The molecule has 0 saturated heterocycles. The summed E-state index contributed by atoms with van der Waals surface area (Å²) in [6.07, 6.45) is 5.56. The lowest BCUT2D eigenvalue weighted by atomic mass is 10.0. The average Bonchev–Trinajstić information content (AvgIpc) is 3.28. The van der Waals surface area contributed by atoms with Crippen LogP contribution < -0.4 is 0 Å². The molecule has 0 fully saturated rings. The van der Waals surface area contributed by atoms with Gasteiger partial charge < -0.3 is 0 Å². The number of allylic oxidation sites excluding steroid dienone is 4. The number of para-hydroxylation sites is 1. The standard InChI is InChI=1S/C29H27N3/c1-5-10-22(6-2)24-15-19-26(20-16-24)29-31-30-28(32(29)27-11-8-7-9-12-27)25-17-13-23(14-18-25)21(3)4/h5-21H,1-2H2,3-4H3. The SMILES string of the molecule is C=CC=C(C=C)c1ccc(-c2nnc(-c3ccc(C(C)C)cc3)n2-c2ccccc2)cc1. The molecule has 1 aromatic heterocycles. The minimum absolute atomic E-state index is 0.487. The van der Waals surface area contributed by atoms with Gasteiger partial charge in [0.05, 0.1) is 0 Å². The van der Waals surface area contributed by atoms with Crippen LogP contribution in [0.5, 0.6) is 0 Å². The van der Waals surface area contributed by atoms with Crippen molar-refractivity contribution in [2.75, 3.05) is 0 Å². The Morgan fingerprint density at radius 1 is 0.781 bits per heavy atom. The van der Waals surface area contributed by atoms with Crippen molar-refractivity contribution in [3.63, 3.8) is 0 Å². The fourth-order valence-electron chi connectivity index (χ4n) is 3.72. The maximum Gasteiger partial charge on any atom is 0.168 e. The topological polar surface area (TPSA) is 30.7 Å². The molecule has 0 unspecified atom stereocenters. The van der Waals surface area contributed by atoms with Gasteiger partial charge in [0.25, 0.3) is 0 Å². The Kier molecular flexibility index (Phi) is 6.27. The third kappa shape index (κ3) is 4.23. The molecule has 0 radical (unpaired) electrons. The van der Waals surface area contributed by atoms with Gasteiger partial charge in [0.1, 0.15) is 0 Å². The molecule has 158 valence electrons. The van der Waals surface area contributed by atoms with Crippen LogP contribution in [0.2, 0.25) is 0 Å². The van der Waals surface area contributed by atoms with E-state index in [4.69, 9.17) is 0 Å². The van der Waals surface area contributed by atoms with E-state index >= 15 is 0 Å². The Morgan fingerprint density at radius 3 is 1.84 bits per heavy atom. The minimum atomic E-state index is 0.487. The third-order valence-electron chi connectivity index (χ3n) is 5.51. The number of rotatable bonds is 7. The Hall–Kier alpha value is -3.98. The maximum absolute atomic E-state index is 4.59. The summed E-state index contributed by atoms with van der Waals surface area (Å²) in [5, 5.41) is 9.18. The van der Waals surface area contributed by atoms with E-state index in [1.807, 2.05) is 30.4 Å². The highest BCUT2D eigenvalue weighted by Gasteiger charge is 2.17. The van der Waals surface area contributed by atoms with Crippen molar-refractivity contribution in [2.24, 2.45) is 0 Å². The number of nitrogens with zero attached hydrogens (tertiary/aromatic N) is 3. The average molecular weight is 418 g/mol. The zero-order chi connectivity index (χ0) is 22.5. The Morgan fingerprint density at radius 2 is 1.34 bits per heavy atom. The largest absolute Gasteiger partial charge is 0.275 e. The fraction of sp³-hybridized carbons (Fsp3) is 0.103. The predicted octanol–water partition coefficient (Wildman–Crippen LogP) is 7.48. The molecule has 32 heavy (non-hydrogen) atoms. The molecule has 0 spiro atoms. The van der Waals surface area contributed by atoms with Gasteiger partial charge in [-0.25, -0.2) is 0 Å². The second-order valence-corrected chi connectivity index (χ2v) is 7.93. The van der Waals surface area contributed by atoms with Gasteiger partial charge in [-0.1, -0.05) is 112 Å². The van der Waals surface area contributed by atoms with Crippen LogP contribution in [0.4, 0.5) is 0 Å². The molecule has 0 N–H and O–H groups in total. The Labute approximate surface area is 190 Å². The molecule has 0 bridgehead atoms. The lowest BCUT2D eigenvalue weighted by Crippen LogP contribution is -2.00. The monoisotopic (exact) mass is 417 g/mol. The first-order valence-electron chi connectivity index (χ1n) is 10.8. The van der Waals surface area contributed by atoms with Crippen molar-refractivity contribution in [1.29, 1.82) is 0 Å². The van der Waals surface area contributed by atoms with Gasteiger partial charge in [0.15, 0.2) is 11.6 Å². The van der Waals surface area contributed by atoms with Crippen LogP contribution in [0.25, 0.3) is 34.0 Å². The van der Waals surface area contributed by atoms with E-state index in [0.717, 1.165) is 39.6 Å². The van der Waals surface area contributed by atoms with Gasteiger partial charge in [0.2, 0.25) is 0 Å². The molecule has 3 aromatic carbocycles. The van der Waals surface area contributed by atoms with Gasteiger partial charge >= 0.3 is 0 Å². The van der Waals surface area contributed by atoms with Gasteiger partial charge in [-0.3, -0.25) is 4.57 Å². The lowest BCUT2D eigenvalue weighted by molar-refractivity contribution is 0.866. The zero-order valence-corrected chi connectivity index (χ0v) is 18.6. The van der Waals surface area contributed by atoms with E-state index in [9.17, 15) is 0 Å². The summed E-state index contributed by atoms with van der Waals surface area (Å²) < 4.78 is 2.12. The summed E-state index contributed by atoms with van der Waals surface area (Å²) in [7, 11) is 0. The van der Waals surface area contributed by atoms with Crippen LogP contribution >= 0.6 is 0 Å². The molecule has 0 saturated carbocycles.